The minimum atomic E-state index is -0.992. The van der Waals surface area contributed by atoms with Crippen LogP contribution in [0.2, 0.25) is 0 Å². The van der Waals surface area contributed by atoms with Crippen molar-refractivity contribution < 1.29 is 9.00 Å². The van der Waals surface area contributed by atoms with Crippen molar-refractivity contribution in [3.8, 4) is 0 Å². The van der Waals surface area contributed by atoms with E-state index in [9.17, 15) is 9.00 Å². The lowest BCUT2D eigenvalue weighted by Gasteiger charge is -2.17. The maximum atomic E-state index is 12.0. The van der Waals surface area contributed by atoms with Gasteiger partial charge in [0, 0.05) is 28.2 Å². The first-order valence-corrected chi connectivity index (χ1v) is 8.38. The summed E-state index contributed by atoms with van der Waals surface area (Å²) >= 11 is 1.37. The zero-order valence-corrected chi connectivity index (χ0v) is 12.0. The van der Waals surface area contributed by atoms with Crippen molar-refractivity contribution in [3.05, 3.63) is 52.5 Å². The van der Waals surface area contributed by atoms with E-state index in [0.717, 1.165) is 5.56 Å². The first-order chi connectivity index (χ1) is 9.16. The van der Waals surface area contributed by atoms with Gasteiger partial charge in [-0.15, -0.1) is 11.3 Å². The first kappa shape index (κ1) is 13.9. The van der Waals surface area contributed by atoms with Crippen LogP contribution in [-0.2, 0) is 10.8 Å². The average Bonchev–Trinajstić information content (AvgIpc) is 2.92. The fourth-order valence-corrected chi connectivity index (χ4v) is 2.98. The number of rotatable bonds is 5. The molecule has 1 aromatic carbocycles. The molecule has 0 fully saturated rings. The van der Waals surface area contributed by atoms with Gasteiger partial charge in [-0.25, -0.2) is 4.98 Å². The molecule has 1 heterocycles. The van der Waals surface area contributed by atoms with Crippen molar-refractivity contribution >= 4 is 28.0 Å². The van der Waals surface area contributed by atoms with Gasteiger partial charge in [-0.1, -0.05) is 30.3 Å². The second-order valence-electron chi connectivity index (χ2n) is 4.05. The van der Waals surface area contributed by atoms with Gasteiger partial charge in [0.2, 0.25) is 0 Å². The van der Waals surface area contributed by atoms with Crippen LogP contribution in [0.3, 0.4) is 0 Å². The minimum Gasteiger partial charge on any atom is -0.343 e. The smallest absolute Gasteiger partial charge is 0.271 e. The van der Waals surface area contributed by atoms with Gasteiger partial charge in [-0.2, -0.15) is 0 Å². The van der Waals surface area contributed by atoms with Crippen molar-refractivity contribution in [2.24, 2.45) is 0 Å². The monoisotopic (exact) mass is 294 g/mol. The van der Waals surface area contributed by atoms with E-state index in [4.69, 9.17) is 0 Å². The molecule has 1 aromatic heterocycles. The fraction of sp³-hybridized carbons (Fsp3) is 0.231. The molecule has 4 nitrogen and oxygen atoms in total. The van der Waals surface area contributed by atoms with Gasteiger partial charge in [0.1, 0.15) is 5.69 Å². The average molecular weight is 294 g/mol. The van der Waals surface area contributed by atoms with E-state index < -0.39 is 10.8 Å². The number of nitrogens with one attached hydrogen (secondary N) is 1. The molecule has 0 saturated carbocycles. The van der Waals surface area contributed by atoms with Crippen LogP contribution in [0.5, 0.6) is 0 Å². The number of carbonyl (C=O) groups excluding carboxylic acids is 1. The van der Waals surface area contributed by atoms with Crippen molar-refractivity contribution in [2.45, 2.75) is 6.04 Å². The van der Waals surface area contributed by atoms with Crippen molar-refractivity contribution in [1.29, 1.82) is 0 Å². The van der Waals surface area contributed by atoms with Gasteiger partial charge in [0.05, 0.1) is 11.6 Å². The standard InChI is InChI=1S/C13H14N2O2S2/c1-19(17)8-12(10-5-3-2-4-6-10)15-13(16)11-7-18-9-14-11/h2-7,9,12H,8H2,1H3,(H,15,16)/t12-,19-/m0/s1. The Labute approximate surface area is 118 Å². The Bertz CT molecular complexity index is 555. The largest absolute Gasteiger partial charge is 0.343 e. The van der Waals surface area contributed by atoms with Gasteiger partial charge in [-0.05, 0) is 5.56 Å². The van der Waals surface area contributed by atoms with Crippen LogP contribution in [0.4, 0.5) is 0 Å². The number of hydrogen-bond acceptors (Lipinski definition) is 4. The normalized spacial score (nSPS) is 13.7. The zero-order valence-electron chi connectivity index (χ0n) is 10.4. The highest BCUT2D eigenvalue weighted by Crippen LogP contribution is 2.14. The van der Waals surface area contributed by atoms with Crippen LogP contribution in [0, 0.1) is 0 Å². The first-order valence-electron chi connectivity index (χ1n) is 5.71. The summed E-state index contributed by atoms with van der Waals surface area (Å²) in [5.41, 5.74) is 2.96. The number of amides is 1. The topological polar surface area (TPSA) is 59.1 Å². The molecule has 2 rings (SSSR count). The van der Waals surface area contributed by atoms with Gasteiger partial charge < -0.3 is 5.32 Å². The Morgan fingerprint density at radius 2 is 2.16 bits per heavy atom. The molecular weight excluding hydrogens is 280 g/mol. The highest BCUT2D eigenvalue weighted by molar-refractivity contribution is 7.84. The van der Waals surface area contributed by atoms with Gasteiger partial charge in [0.25, 0.3) is 5.91 Å². The second-order valence-corrected chi connectivity index (χ2v) is 6.25. The summed E-state index contributed by atoms with van der Waals surface area (Å²) in [6.07, 6.45) is 1.63. The molecule has 6 heteroatoms. The molecule has 0 aliphatic heterocycles. The van der Waals surface area contributed by atoms with Crippen LogP contribution in [0.25, 0.3) is 0 Å². The Morgan fingerprint density at radius 1 is 1.42 bits per heavy atom. The lowest BCUT2D eigenvalue weighted by atomic mass is 10.1. The van der Waals surface area contributed by atoms with Crippen LogP contribution >= 0.6 is 11.3 Å². The highest BCUT2D eigenvalue weighted by atomic mass is 32.2. The summed E-state index contributed by atoms with van der Waals surface area (Å²) in [4.78, 5) is 16.0. The van der Waals surface area contributed by atoms with Crippen LogP contribution in [-0.4, -0.2) is 27.1 Å². The summed E-state index contributed by atoms with van der Waals surface area (Å²) in [5.74, 6) is 0.153. The molecule has 0 spiro atoms. The summed E-state index contributed by atoms with van der Waals surface area (Å²) in [7, 11) is -0.992. The second kappa shape index (κ2) is 6.58. The van der Waals surface area contributed by atoms with E-state index in [2.05, 4.69) is 10.3 Å². The molecule has 0 aliphatic carbocycles. The predicted molar refractivity (Wildman–Crippen MR) is 77.7 cm³/mol. The van der Waals surface area contributed by atoms with E-state index in [1.807, 2.05) is 30.3 Å². The summed E-state index contributed by atoms with van der Waals surface area (Å²) < 4.78 is 11.4. The fourth-order valence-electron chi connectivity index (χ4n) is 1.70. The number of nitrogens with zero attached hydrogens (tertiary/aromatic N) is 1. The third-order valence-corrected chi connectivity index (χ3v) is 3.96. The van der Waals surface area contributed by atoms with Gasteiger partial charge >= 0.3 is 0 Å². The molecule has 1 amide bonds. The number of carbonyl (C=O) groups is 1. The molecule has 0 saturated heterocycles. The van der Waals surface area contributed by atoms with E-state index in [0.29, 0.717) is 11.4 Å². The highest BCUT2D eigenvalue weighted by Gasteiger charge is 2.17. The lowest BCUT2D eigenvalue weighted by Crippen LogP contribution is -2.32. The number of benzene rings is 1. The molecule has 2 atom stereocenters. The number of thiazole rings is 1. The third kappa shape index (κ3) is 3.97. The summed E-state index contributed by atoms with van der Waals surface area (Å²) in [6, 6.07) is 9.27. The van der Waals surface area contributed by atoms with Gasteiger partial charge in [-0.3, -0.25) is 9.00 Å². The quantitative estimate of drug-likeness (QED) is 0.917. The SMILES string of the molecule is C[S@](=O)C[C@H](NC(=O)c1cscn1)c1ccccc1. The Kier molecular flexibility index (Phi) is 4.81. The number of aromatic nitrogens is 1. The molecule has 19 heavy (non-hydrogen) atoms. The van der Waals surface area contributed by atoms with E-state index >= 15 is 0 Å². The van der Waals surface area contributed by atoms with E-state index in [1.165, 1.54) is 11.3 Å². The molecule has 2 aromatic rings. The molecule has 1 N–H and O–H groups in total. The Morgan fingerprint density at radius 3 is 2.74 bits per heavy atom. The van der Waals surface area contributed by atoms with Crippen LogP contribution in [0.1, 0.15) is 22.1 Å². The molecule has 100 valence electrons. The predicted octanol–water partition coefficient (Wildman–Crippen LogP) is 1.99. The maximum Gasteiger partial charge on any atom is 0.271 e. The Balaban J connectivity index is 2.15. The molecule has 0 aliphatic rings. The van der Waals surface area contributed by atoms with Crippen molar-refractivity contribution in [3.63, 3.8) is 0 Å². The maximum absolute atomic E-state index is 12.0. The molecule has 0 unspecified atom stereocenters. The van der Waals surface area contributed by atoms with E-state index in [-0.39, 0.29) is 11.9 Å². The van der Waals surface area contributed by atoms with E-state index in [1.54, 1.807) is 17.1 Å². The van der Waals surface area contributed by atoms with Crippen molar-refractivity contribution in [1.82, 2.24) is 10.3 Å². The molecular formula is C13H14N2O2S2. The Hall–Kier alpha value is -1.53. The minimum absolute atomic E-state index is 0.236. The van der Waals surface area contributed by atoms with Gasteiger partial charge in [0.15, 0.2) is 0 Å². The van der Waals surface area contributed by atoms with Crippen molar-refractivity contribution in [2.75, 3.05) is 12.0 Å². The zero-order chi connectivity index (χ0) is 13.7. The number of hydrogen-bond donors (Lipinski definition) is 1. The molecule has 0 bridgehead atoms. The molecule has 0 radical (unpaired) electrons. The summed E-state index contributed by atoms with van der Waals surface area (Å²) in [5, 5.41) is 4.57. The van der Waals surface area contributed by atoms with Crippen LogP contribution in [0.15, 0.2) is 41.2 Å². The third-order valence-electron chi connectivity index (χ3n) is 2.57. The lowest BCUT2D eigenvalue weighted by molar-refractivity contribution is 0.0936. The van der Waals surface area contributed by atoms with Crippen LogP contribution < -0.4 is 5.32 Å². The summed E-state index contributed by atoms with van der Waals surface area (Å²) in [6.45, 7) is 0.